The molecule has 0 aliphatic carbocycles. The molecule has 1 unspecified atom stereocenters. The third kappa shape index (κ3) is 3.30. The summed E-state index contributed by atoms with van der Waals surface area (Å²) in [7, 11) is 0. The SMILES string of the molecule is CCCNC(c1ccc(I)cc1)c1csc2ccccc12. The summed E-state index contributed by atoms with van der Waals surface area (Å²) in [6, 6.07) is 17.8. The molecule has 3 aromatic rings. The second kappa shape index (κ2) is 6.90. The van der Waals surface area contributed by atoms with E-state index < -0.39 is 0 Å². The molecule has 0 fully saturated rings. The Bertz CT molecular complexity index is 717. The van der Waals surface area contributed by atoms with Crippen LogP contribution in [0.15, 0.2) is 53.9 Å². The second-order valence-corrected chi connectivity index (χ2v) is 7.28. The van der Waals surface area contributed by atoms with Crippen molar-refractivity contribution in [2.75, 3.05) is 6.54 Å². The fraction of sp³-hybridized carbons (Fsp3) is 0.222. The highest BCUT2D eigenvalue weighted by Gasteiger charge is 2.17. The molecular formula is C18H18INS. The van der Waals surface area contributed by atoms with Gasteiger partial charge in [-0.15, -0.1) is 11.3 Å². The first-order valence-electron chi connectivity index (χ1n) is 7.24. The van der Waals surface area contributed by atoms with Crippen molar-refractivity contribution in [2.24, 2.45) is 0 Å². The predicted molar refractivity (Wildman–Crippen MR) is 101 cm³/mol. The normalized spacial score (nSPS) is 12.7. The van der Waals surface area contributed by atoms with Crippen molar-refractivity contribution in [1.82, 2.24) is 5.32 Å². The van der Waals surface area contributed by atoms with Crippen LogP contribution in [0, 0.1) is 3.57 Å². The van der Waals surface area contributed by atoms with Gasteiger partial charge in [0.2, 0.25) is 0 Å². The van der Waals surface area contributed by atoms with Gasteiger partial charge in [-0.25, -0.2) is 0 Å². The lowest BCUT2D eigenvalue weighted by Crippen LogP contribution is -2.22. The molecule has 0 saturated carbocycles. The highest BCUT2D eigenvalue weighted by atomic mass is 127. The first-order chi connectivity index (χ1) is 10.3. The van der Waals surface area contributed by atoms with Crippen LogP contribution in [0.1, 0.15) is 30.5 Å². The van der Waals surface area contributed by atoms with Crippen LogP contribution in [0.5, 0.6) is 0 Å². The largest absolute Gasteiger partial charge is 0.306 e. The fourth-order valence-corrected chi connectivity index (χ4v) is 3.92. The average molecular weight is 407 g/mol. The van der Waals surface area contributed by atoms with Gasteiger partial charge < -0.3 is 5.32 Å². The predicted octanol–water partition coefficient (Wildman–Crippen LogP) is 5.59. The number of nitrogens with one attached hydrogen (secondary N) is 1. The molecule has 1 aromatic heterocycles. The van der Waals surface area contributed by atoms with Crippen molar-refractivity contribution in [2.45, 2.75) is 19.4 Å². The van der Waals surface area contributed by atoms with E-state index in [1.54, 1.807) is 0 Å². The van der Waals surface area contributed by atoms with Crippen molar-refractivity contribution in [3.05, 3.63) is 68.6 Å². The lowest BCUT2D eigenvalue weighted by atomic mass is 9.98. The number of hydrogen-bond donors (Lipinski definition) is 1. The van der Waals surface area contributed by atoms with Crippen LogP contribution < -0.4 is 5.32 Å². The van der Waals surface area contributed by atoms with Gasteiger partial charge in [-0.2, -0.15) is 0 Å². The van der Waals surface area contributed by atoms with E-state index in [9.17, 15) is 0 Å². The van der Waals surface area contributed by atoms with Crippen LogP contribution in [0.2, 0.25) is 0 Å². The Kier molecular flexibility index (Phi) is 4.93. The molecule has 0 spiro atoms. The molecule has 0 radical (unpaired) electrons. The van der Waals surface area contributed by atoms with Crippen molar-refractivity contribution < 1.29 is 0 Å². The van der Waals surface area contributed by atoms with Gasteiger partial charge in [0.15, 0.2) is 0 Å². The van der Waals surface area contributed by atoms with Gasteiger partial charge in [-0.1, -0.05) is 37.3 Å². The van der Waals surface area contributed by atoms with Crippen LogP contribution >= 0.6 is 33.9 Å². The molecule has 108 valence electrons. The molecule has 21 heavy (non-hydrogen) atoms. The van der Waals surface area contributed by atoms with E-state index >= 15 is 0 Å². The van der Waals surface area contributed by atoms with Crippen LogP contribution in [0.4, 0.5) is 0 Å². The zero-order valence-electron chi connectivity index (χ0n) is 12.0. The molecule has 0 bridgehead atoms. The molecule has 1 heterocycles. The Morgan fingerprint density at radius 1 is 1.10 bits per heavy atom. The molecule has 3 rings (SSSR count). The zero-order chi connectivity index (χ0) is 14.7. The Balaban J connectivity index is 2.04. The first kappa shape index (κ1) is 15.0. The van der Waals surface area contributed by atoms with Gasteiger partial charge in [-0.3, -0.25) is 0 Å². The number of rotatable bonds is 5. The minimum atomic E-state index is 0.276. The Hall–Kier alpha value is -0.910. The van der Waals surface area contributed by atoms with E-state index in [0.29, 0.717) is 0 Å². The Labute approximate surface area is 143 Å². The maximum absolute atomic E-state index is 3.70. The summed E-state index contributed by atoms with van der Waals surface area (Å²) in [5.74, 6) is 0. The van der Waals surface area contributed by atoms with Crippen molar-refractivity contribution in [1.29, 1.82) is 0 Å². The van der Waals surface area contributed by atoms with Crippen LogP contribution in [-0.2, 0) is 0 Å². The van der Waals surface area contributed by atoms with Gasteiger partial charge in [0.05, 0.1) is 6.04 Å². The van der Waals surface area contributed by atoms with Crippen molar-refractivity contribution in [3.63, 3.8) is 0 Å². The van der Waals surface area contributed by atoms with E-state index in [-0.39, 0.29) is 6.04 Å². The molecule has 0 amide bonds. The van der Waals surface area contributed by atoms with E-state index in [4.69, 9.17) is 0 Å². The lowest BCUT2D eigenvalue weighted by Gasteiger charge is -2.19. The molecule has 0 saturated heterocycles. The smallest absolute Gasteiger partial charge is 0.0591 e. The summed E-state index contributed by atoms with van der Waals surface area (Å²) in [4.78, 5) is 0. The lowest BCUT2D eigenvalue weighted by molar-refractivity contribution is 0.602. The average Bonchev–Trinajstić information content (AvgIpc) is 2.93. The topological polar surface area (TPSA) is 12.0 Å². The number of fused-ring (bicyclic) bond motifs is 1. The molecule has 0 aliphatic heterocycles. The van der Waals surface area contributed by atoms with Crippen molar-refractivity contribution in [3.8, 4) is 0 Å². The summed E-state index contributed by atoms with van der Waals surface area (Å²) in [5, 5.41) is 7.38. The van der Waals surface area contributed by atoms with Gasteiger partial charge in [0.1, 0.15) is 0 Å². The fourth-order valence-electron chi connectivity index (χ4n) is 2.57. The molecule has 1 atom stereocenters. The molecule has 1 N–H and O–H groups in total. The zero-order valence-corrected chi connectivity index (χ0v) is 14.9. The van der Waals surface area contributed by atoms with Gasteiger partial charge in [0, 0.05) is 8.27 Å². The maximum Gasteiger partial charge on any atom is 0.0591 e. The van der Waals surface area contributed by atoms with E-state index in [1.807, 2.05) is 11.3 Å². The minimum absolute atomic E-state index is 0.276. The number of halogens is 1. The molecule has 1 nitrogen and oxygen atoms in total. The van der Waals surface area contributed by atoms with Crippen LogP contribution in [-0.4, -0.2) is 6.54 Å². The number of thiophene rings is 1. The molecule has 2 aromatic carbocycles. The summed E-state index contributed by atoms with van der Waals surface area (Å²) in [6.07, 6.45) is 1.14. The van der Waals surface area contributed by atoms with Gasteiger partial charge in [0.25, 0.3) is 0 Å². The van der Waals surface area contributed by atoms with E-state index in [2.05, 4.69) is 88.7 Å². The Morgan fingerprint density at radius 2 is 1.86 bits per heavy atom. The van der Waals surface area contributed by atoms with Gasteiger partial charge >= 0.3 is 0 Å². The summed E-state index contributed by atoms with van der Waals surface area (Å²) in [6.45, 7) is 3.24. The quantitative estimate of drug-likeness (QED) is 0.544. The van der Waals surface area contributed by atoms with Gasteiger partial charge in [-0.05, 0) is 75.6 Å². The van der Waals surface area contributed by atoms with Crippen LogP contribution in [0.3, 0.4) is 0 Å². The standard InChI is InChI=1S/C18H18INS/c1-2-11-20-18(13-7-9-14(19)10-8-13)16-12-21-17-6-4-3-5-15(16)17/h3-10,12,18,20H,2,11H2,1H3. The summed E-state index contributed by atoms with van der Waals surface area (Å²) in [5.41, 5.74) is 2.73. The third-order valence-electron chi connectivity index (χ3n) is 3.62. The van der Waals surface area contributed by atoms with E-state index in [1.165, 1.54) is 24.8 Å². The number of benzene rings is 2. The second-order valence-electron chi connectivity index (χ2n) is 5.13. The monoisotopic (exact) mass is 407 g/mol. The highest BCUT2D eigenvalue weighted by molar-refractivity contribution is 14.1. The summed E-state index contributed by atoms with van der Waals surface area (Å²) < 4.78 is 2.64. The van der Waals surface area contributed by atoms with Crippen molar-refractivity contribution >= 4 is 44.0 Å². The van der Waals surface area contributed by atoms with Crippen LogP contribution in [0.25, 0.3) is 10.1 Å². The third-order valence-corrected chi connectivity index (χ3v) is 5.32. The molecular weight excluding hydrogens is 389 g/mol. The molecule has 0 aliphatic rings. The minimum Gasteiger partial charge on any atom is -0.306 e. The van der Waals surface area contributed by atoms with E-state index in [0.717, 1.165) is 13.0 Å². The first-order valence-corrected chi connectivity index (χ1v) is 9.20. The maximum atomic E-state index is 3.70. The summed E-state index contributed by atoms with van der Waals surface area (Å²) >= 11 is 4.19. The highest BCUT2D eigenvalue weighted by Crippen LogP contribution is 2.33. The number of hydrogen-bond acceptors (Lipinski definition) is 2. The Morgan fingerprint density at radius 3 is 2.62 bits per heavy atom. The molecule has 3 heteroatoms.